The zero-order valence-corrected chi connectivity index (χ0v) is 25.7. The Balaban J connectivity index is 1.55. The fraction of sp³-hybridized carbons (Fsp3) is 0.727. The molecule has 0 aromatic heterocycles. The van der Waals surface area contributed by atoms with Crippen molar-refractivity contribution in [2.75, 3.05) is 19.8 Å². The number of hydrogen-bond donors (Lipinski definition) is 1. The summed E-state index contributed by atoms with van der Waals surface area (Å²) in [7, 11) is 0. The Morgan fingerprint density at radius 1 is 1.12 bits per heavy atom. The van der Waals surface area contributed by atoms with E-state index in [0.29, 0.717) is 43.6 Å². The Kier molecular flexibility index (Phi) is 7.06. The average Bonchev–Trinajstić information content (AvgIpc) is 3.58. The van der Waals surface area contributed by atoms with Crippen LogP contribution in [-0.4, -0.2) is 73.4 Å². The van der Waals surface area contributed by atoms with Crippen molar-refractivity contribution in [3.8, 4) is 0 Å². The predicted octanol–water partition coefficient (Wildman–Crippen LogP) is 3.83. The number of carbonyl (C=O) groups is 3. The van der Waals surface area contributed by atoms with E-state index in [1.807, 2.05) is 13.0 Å². The summed E-state index contributed by atoms with van der Waals surface area (Å²) in [6.07, 6.45) is 2.34. The van der Waals surface area contributed by atoms with Gasteiger partial charge in [0.05, 0.1) is 24.9 Å². The van der Waals surface area contributed by atoms with Crippen LogP contribution >= 0.6 is 0 Å². The second-order valence-electron chi connectivity index (χ2n) is 13.9. The van der Waals surface area contributed by atoms with Gasteiger partial charge in [-0.25, -0.2) is 9.59 Å². The molecule has 3 aliphatic carbocycles. The van der Waals surface area contributed by atoms with Gasteiger partial charge >= 0.3 is 17.9 Å². The van der Waals surface area contributed by atoms with Gasteiger partial charge in [0.15, 0.2) is 0 Å². The van der Waals surface area contributed by atoms with Gasteiger partial charge in [-0.1, -0.05) is 32.4 Å². The van der Waals surface area contributed by atoms with E-state index < -0.39 is 52.6 Å². The smallest absolute Gasteiger partial charge is 0.334 e. The highest BCUT2D eigenvalue weighted by Gasteiger charge is 2.76. The Labute approximate surface area is 247 Å². The Morgan fingerprint density at radius 3 is 2.50 bits per heavy atom. The van der Waals surface area contributed by atoms with Gasteiger partial charge in [-0.05, 0) is 51.2 Å². The lowest BCUT2D eigenvalue weighted by atomic mass is 9.39. The summed E-state index contributed by atoms with van der Waals surface area (Å²) in [4.78, 5) is 38.4. The molecular weight excluding hydrogens is 540 g/mol. The third kappa shape index (κ3) is 3.88. The van der Waals surface area contributed by atoms with Crippen molar-refractivity contribution in [3.63, 3.8) is 0 Å². The zero-order valence-electron chi connectivity index (χ0n) is 25.7. The average molecular weight is 585 g/mol. The van der Waals surface area contributed by atoms with E-state index in [9.17, 15) is 19.5 Å². The van der Waals surface area contributed by atoms with Gasteiger partial charge in [-0.3, -0.25) is 4.79 Å². The molecule has 9 nitrogen and oxygen atoms in total. The first-order chi connectivity index (χ1) is 19.8. The van der Waals surface area contributed by atoms with E-state index in [1.165, 1.54) is 6.92 Å². The molecule has 11 atom stereocenters. The van der Waals surface area contributed by atoms with E-state index in [2.05, 4.69) is 27.7 Å². The third-order valence-electron chi connectivity index (χ3n) is 12.0. The molecule has 0 spiro atoms. The molecule has 230 valence electrons. The molecule has 3 aliphatic heterocycles. The summed E-state index contributed by atoms with van der Waals surface area (Å²) >= 11 is 0. The molecule has 0 radical (unpaired) electrons. The second kappa shape index (κ2) is 10.0. The first kappa shape index (κ1) is 29.6. The molecule has 4 fully saturated rings. The molecule has 6 aliphatic rings. The Bertz CT molecular complexity index is 1300. The number of aliphatic hydroxyl groups is 1. The molecule has 2 saturated heterocycles. The van der Waals surface area contributed by atoms with Crippen LogP contribution in [0.25, 0.3) is 0 Å². The summed E-state index contributed by atoms with van der Waals surface area (Å²) in [5, 5.41) is 12.0. The van der Waals surface area contributed by atoms with Crippen LogP contribution in [0, 0.1) is 34.0 Å². The van der Waals surface area contributed by atoms with E-state index in [1.54, 1.807) is 13.0 Å². The number of cyclic esters (lactones) is 1. The molecule has 1 N–H and O–H groups in total. The molecule has 0 amide bonds. The monoisotopic (exact) mass is 584 g/mol. The van der Waals surface area contributed by atoms with Crippen LogP contribution in [0.15, 0.2) is 34.4 Å². The quantitative estimate of drug-likeness (QED) is 0.228. The van der Waals surface area contributed by atoms with Crippen molar-refractivity contribution in [2.45, 2.75) is 98.2 Å². The largest absolute Gasteiger partial charge is 0.462 e. The topological polar surface area (TPSA) is 118 Å². The van der Waals surface area contributed by atoms with Crippen molar-refractivity contribution >= 4 is 17.9 Å². The van der Waals surface area contributed by atoms with Gasteiger partial charge in [0.25, 0.3) is 0 Å². The van der Waals surface area contributed by atoms with Gasteiger partial charge in [0.2, 0.25) is 0 Å². The number of esters is 3. The Morgan fingerprint density at radius 2 is 1.86 bits per heavy atom. The van der Waals surface area contributed by atoms with E-state index in [0.717, 1.165) is 11.1 Å². The van der Waals surface area contributed by atoms with Crippen molar-refractivity contribution in [1.82, 2.24) is 0 Å². The molecule has 9 heteroatoms. The lowest BCUT2D eigenvalue weighted by Crippen LogP contribution is -2.71. The minimum absolute atomic E-state index is 0.150. The van der Waals surface area contributed by atoms with Crippen LogP contribution in [0.4, 0.5) is 0 Å². The highest BCUT2D eigenvalue weighted by molar-refractivity contribution is 5.92. The number of ether oxygens (including phenoxy) is 5. The standard InChI is InChI=1S/C33H44O9/c1-8-16(2)29(36)42-28-26-27-31(5,15-40-26)24(41-18(4)34)14-23(35)32(27,6)22-10-12-38-21-13-20(19-9-11-39-30(19)37)17(3)25(21)33(22,28)7/h8-9,20-24,26-28,35H,10-15H2,1-7H3/b16-8+/t20-,21+,22-,23+,24-,26-,27+,28-,31-,32+,33-/m0/s1. The first-order valence-electron chi connectivity index (χ1n) is 15.3. The van der Waals surface area contributed by atoms with Crippen LogP contribution in [0.3, 0.4) is 0 Å². The minimum atomic E-state index is -0.787. The van der Waals surface area contributed by atoms with E-state index >= 15 is 0 Å². The summed E-state index contributed by atoms with van der Waals surface area (Å²) in [5.74, 6) is -1.66. The van der Waals surface area contributed by atoms with Crippen molar-refractivity contribution in [2.24, 2.45) is 34.0 Å². The first-order valence-corrected chi connectivity index (χ1v) is 15.3. The fourth-order valence-electron chi connectivity index (χ4n) is 10.1. The van der Waals surface area contributed by atoms with Crippen molar-refractivity contribution < 1.29 is 43.2 Å². The highest BCUT2D eigenvalue weighted by atomic mass is 16.6. The molecule has 2 saturated carbocycles. The number of carbonyl (C=O) groups excluding carboxylic acids is 3. The molecule has 3 heterocycles. The molecule has 0 bridgehead atoms. The van der Waals surface area contributed by atoms with E-state index in [4.69, 9.17) is 23.7 Å². The number of fused-ring (bicyclic) bond motifs is 4. The predicted molar refractivity (Wildman–Crippen MR) is 151 cm³/mol. The number of aliphatic hydroxyl groups excluding tert-OH is 1. The minimum Gasteiger partial charge on any atom is -0.462 e. The van der Waals surface area contributed by atoms with Gasteiger partial charge in [-0.15, -0.1) is 0 Å². The summed E-state index contributed by atoms with van der Waals surface area (Å²) < 4.78 is 30.8. The zero-order chi connectivity index (χ0) is 30.4. The fourth-order valence-corrected chi connectivity index (χ4v) is 10.1. The van der Waals surface area contributed by atoms with Crippen LogP contribution < -0.4 is 0 Å². The molecule has 0 aromatic carbocycles. The number of hydrogen-bond acceptors (Lipinski definition) is 9. The van der Waals surface area contributed by atoms with Crippen LogP contribution in [-0.2, 0) is 38.1 Å². The number of rotatable bonds is 4. The van der Waals surface area contributed by atoms with Crippen molar-refractivity contribution in [3.05, 3.63) is 34.4 Å². The lowest BCUT2D eigenvalue weighted by Gasteiger charge is -2.66. The second-order valence-corrected chi connectivity index (χ2v) is 13.9. The molecule has 0 aromatic rings. The summed E-state index contributed by atoms with van der Waals surface area (Å²) in [6.45, 7) is 14.4. The van der Waals surface area contributed by atoms with Crippen LogP contribution in [0.1, 0.15) is 67.7 Å². The maximum atomic E-state index is 13.5. The van der Waals surface area contributed by atoms with Crippen LogP contribution in [0.2, 0.25) is 0 Å². The van der Waals surface area contributed by atoms with Gasteiger partial charge in [-0.2, -0.15) is 0 Å². The third-order valence-corrected chi connectivity index (χ3v) is 12.0. The van der Waals surface area contributed by atoms with Gasteiger partial charge in [0.1, 0.15) is 18.8 Å². The molecular formula is C33H44O9. The molecule has 6 rings (SSSR count). The molecule has 0 unspecified atom stereocenters. The van der Waals surface area contributed by atoms with Crippen molar-refractivity contribution in [1.29, 1.82) is 0 Å². The maximum absolute atomic E-state index is 13.5. The normalized spacial score (nSPS) is 46.2. The summed E-state index contributed by atoms with van der Waals surface area (Å²) in [6, 6.07) is 0. The molecule has 42 heavy (non-hydrogen) atoms. The van der Waals surface area contributed by atoms with Crippen LogP contribution in [0.5, 0.6) is 0 Å². The summed E-state index contributed by atoms with van der Waals surface area (Å²) in [5.41, 5.74) is 1.23. The van der Waals surface area contributed by atoms with E-state index in [-0.39, 0.29) is 36.4 Å². The highest BCUT2D eigenvalue weighted by Crippen LogP contribution is 2.72. The van der Waals surface area contributed by atoms with Gasteiger partial charge in [0, 0.05) is 59.2 Å². The van der Waals surface area contributed by atoms with Gasteiger partial charge < -0.3 is 28.8 Å². The lowest BCUT2D eigenvalue weighted by molar-refractivity contribution is -0.253. The SMILES string of the molecule is C/C=C(\C)C(=O)O[C@H]1[C@H]2OC[C@@]3(C)[C@@H](OC(C)=O)C[C@@H](O)[C@](C)([C@H]23)[C@@H]2CCO[C@@H]3C[C@H](C4=CCOC4=O)C(C)=C3[C@]21C. The number of allylic oxidation sites excluding steroid dienone is 2. The maximum Gasteiger partial charge on any atom is 0.334 e. The Hall–Kier alpha value is -2.49.